The molecule has 5 nitrogen and oxygen atoms in total. The van der Waals surface area contributed by atoms with Crippen molar-refractivity contribution in [2.45, 2.75) is 76.8 Å². The smallest absolute Gasteiger partial charge is 0.201 e. The van der Waals surface area contributed by atoms with Gasteiger partial charge in [0.2, 0.25) is 5.79 Å². The van der Waals surface area contributed by atoms with Crippen LogP contribution < -0.4 is 0 Å². The maximum Gasteiger partial charge on any atom is 0.201 e. The zero-order valence-electron chi connectivity index (χ0n) is 13.1. The van der Waals surface area contributed by atoms with E-state index in [1.54, 1.807) is 0 Å². The molecule has 4 heterocycles. The summed E-state index contributed by atoms with van der Waals surface area (Å²) >= 11 is 0. The molecule has 4 aliphatic heterocycles. The van der Waals surface area contributed by atoms with Crippen molar-refractivity contribution in [2.75, 3.05) is 0 Å². The molecule has 1 saturated carbocycles. The first-order valence-corrected chi connectivity index (χ1v) is 8.34. The fourth-order valence-electron chi connectivity index (χ4n) is 5.11. The summed E-state index contributed by atoms with van der Waals surface area (Å²) in [7, 11) is 0. The Morgan fingerprint density at radius 2 is 1.86 bits per heavy atom. The third-order valence-electron chi connectivity index (χ3n) is 6.36. The van der Waals surface area contributed by atoms with Gasteiger partial charge < -0.3 is 14.6 Å². The van der Waals surface area contributed by atoms with E-state index in [1.807, 2.05) is 13.8 Å². The minimum Gasteiger partial charge on any atom is -0.368 e. The number of hydrogen-bond donors (Lipinski definition) is 1. The SMILES string of the molecule is CC1CCC2C(C)C(O)OC3OC4(C)CCCC1C32OO4. The van der Waals surface area contributed by atoms with Crippen molar-refractivity contribution < 1.29 is 24.4 Å². The van der Waals surface area contributed by atoms with E-state index in [0.717, 1.165) is 25.7 Å². The van der Waals surface area contributed by atoms with Gasteiger partial charge in [-0.25, -0.2) is 9.78 Å². The van der Waals surface area contributed by atoms with Crippen LogP contribution in [0.1, 0.15) is 52.9 Å². The predicted octanol–water partition coefficient (Wildman–Crippen LogP) is 2.58. The van der Waals surface area contributed by atoms with Gasteiger partial charge in [-0.3, -0.25) is 0 Å². The molecular weight excluding hydrogens is 272 g/mol. The summed E-state index contributed by atoms with van der Waals surface area (Å²) in [4.78, 5) is 11.8. The predicted molar refractivity (Wildman–Crippen MR) is 73.7 cm³/mol. The number of ether oxygens (including phenoxy) is 2. The highest BCUT2D eigenvalue weighted by molar-refractivity contribution is 5.07. The maximum absolute atomic E-state index is 10.3. The van der Waals surface area contributed by atoms with Crippen LogP contribution in [-0.2, 0) is 19.2 Å². The van der Waals surface area contributed by atoms with E-state index in [-0.39, 0.29) is 11.8 Å². The van der Waals surface area contributed by atoms with Crippen LogP contribution in [0.15, 0.2) is 0 Å². The van der Waals surface area contributed by atoms with Gasteiger partial charge in [0.05, 0.1) is 0 Å². The van der Waals surface area contributed by atoms with Gasteiger partial charge in [0.15, 0.2) is 18.2 Å². The summed E-state index contributed by atoms with van der Waals surface area (Å²) in [5.74, 6) is 0.416. The standard InChI is InChI=1S/C16H26O5/c1-9-6-7-12-10(2)13(17)18-14-16(12)11(9)5-4-8-15(3,19-14)20-21-16/h9-14,17H,4-8H2,1-3H3. The molecule has 5 heteroatoms. The highest BCUT2D eigenvalue weighted by Gasteiger charge is 2.68. The van der Waals surface area contributed by atoms with Crippen molar-refractivity contribution >= 4 is 0 Å². The largest absolute Gasteiger partial charge is 0.368 e. The minimum absolute atomic E-state index is 0.0345. The van der Waals surface area contributed by atoms with Crippen molar-refractivity contribution in [1.82, 2.24) is 0 Å². The van der Waals surface area contributed by atoms with Crippen molar-refractivity contribution in [2.24, 2.45) is 23.7 Å². The fraction of sp³-hybridized carbons (Fsp3) is 1.00. The van der Waals surface area contributed by atoms with E-state index in [4.69, 9.17) is 19.2 Å². The quantitative estimate of drug-likeness (QED) is 0.697. The molecule has 1 N–H and O–H groups in total. The monoisotopic (exact) mass is 298 g/mol. The Balaban J connectivity index is 1.80. The van der Waals surface area contributed by atoms with E-state index in [9.17, 15) is 5.11 Å². The Morgan fingerprint density at radius 1 is 1.05 bits per heavy atom. The maximum atomic E-state index is 10.3. The molecule has 5 rings (SSSR count). The van der Waals surface area contributed by atoms with Crippen LogP contribution in [0.4, 0.5) is 0 Å². The summed E-state index contributed by atoms with van der Waals surface area (Å²) < 4.78 is 12.0. The van der Waals surface area contributed by atoms with Crippen molar-refractivity contribution in [1.29, 1.82) is 0 Å². The molecule has 0 radical (unpaired) electrons. The number of hydrogen-bond acceptors (Lipinski definition) is 5. The van der Waals surface area contributed by atoms with Gasteiger partial charge >= 0.3 is 0 Å². The molecule has 2 bridgehead atoms. The Kier molecular flexibility index (Phi) is 3.19. The molecule has 5 fully saturated rings. The second-order valence-corrected chi connectivity index (χ2v) is 7.65. The molecule has 0 aromatic heterocycles. The van der Waals surface area contributed by atoms with Gasteiger partial charge in [-0.1, -0.05) is 13.8 Å². The average Bonchev–Trinajstić information content (AvgIpc) is 2.42. The molecule has 21 heavy (non-hydrogen) atoms. The highest BCUT2D eigenvalue weighted by Crippen LogP contribution is 2.59. The molecule has 8 atom stereocenters. The van der Waals surface area contributed by atoms with Crippen LogP contribution in [0.5, 0.6) is 0 Å². The Bertz CT molecular complexity index is 425. The van der Waals surface area contributed by atoms with Crippen molar-refractivity contribution in [3.63, 3.8) is 0 Å². The lowest BCUT2D eigenvalue weighted by Crippen LogP contribution is -2.72. The minimum atomic E-state index is -0.785. The summed E-state index contributed by atoms with van der Waals surface area (Å²) in [5, 5.41) is 10.3. The zero-order chi connectivity index (χ0) is 14.8. The van der Waals surface area contributed by atoms with E-state index >= 15 is 0 Å². The molecular formula is C16H26O5. The van der Waals surface area contributed by atoms with E-state index in [2.05, 4.69) is 6.92 Å². The van der Waals surface area contributed by atoms with E-state index in [0.29, 0.717) is 11.8 Å². The van der Waals surface area contributed by atoms with Crippen LogP contribution in [-0.4, -0.2) is 29.1 Å². The molecule has 1 spiro atoms. The van der Waals surface area contributed by atoms with Crippen LogP contribution >= 0.6 is 0 Å². The summed E-state index contributed by atoms with van der Waals surface area (Å²) in [6.07, 6.45) is 3.87. The number of aliphatic hydroxyl groups excluding tert-OH is 1. The molecule has 4 saturated heterocycles. The first-order chi connectivity index (χ1) is 9.96. The van der Waals surface area contributed by atoms with Crippen molar-refractivity contribution in [3.05, 3.63) is 0 Å². The third-order valence-corrected chi connectivity index (χ3v) is 6.36. The molecule has 120 valence electrons. The van der Waals surface area contributed by atoms with Gasteiger partial charge in [0.25, 0.3) is 0 Å². The number of fused-ring (bicyclic) bond motifs is 3. The van der Waals surface area contributed by atoms with Gasteiger partial charge in [0, 0.05) is 18.3 Å². The Morgan fingerprint density at radius 3 is 2.67 bits per heavy atom. The fourth-order valence-corrected chi connectivity index (χ4v) is 5.11. The highest BCUT2D eigenvalue weighted by atomic mass is 17.3. The molecule has 8 unspecified atom stereocenters. The van der Waals surface area contributed by atoms with Crippen molar-refractivity contribution in [3.8, 4) is 0 Å². The molecule has 0 aromatic rings. The second-order valence-electron chi connectivity index (χ2n) is 7.65. The summed E-state index contributed by atoms with van der Waals surface area (Å²) in [6, 6.07) is 0. The normalized spacial score (nSPS) is 60.0. The van der Waals surface area contributed by atoms with Crippen LogP contribution in [0.25, 0.3) is 0 Å². The first-order valence-electron chi connectivity index (χ1n) is 8.34. The zero-order valence-corrected chi connectivity index (χ0v) is 13.1. The molecule has 0 aromatic carbocycles. The molecule has 1 aliphatic carbocycles. The van der Waals surface area contributed by atoms with Gasteiger partial charge in [-0.05, 0) is 44.4 Å². The Labute approximate surface area is 125 Å². The average molecular weight is 298 g/mol. The van der Waals surface area contributed by atoms with Crippen LogP contribution in [0.2, 0.25) is 0 Å². The second kappa shape index (κ2) is 4.65. The first kappa shape index (κ1) is 14.4. The Hall–Kier alpha value is -0.200. The van der Waals surface area contributed by atoms with Gasteiger partial charge in [0.1, 0.15) is 0 Å². The molecule has 0 amide bonds. The lowest BCUT2D eigenvalue weighted by molar-refractivity contribution is -0.590. The lowest BCUT2D eigenvalue weighted by atomic mass is 9.57. The van der Waals surface area contributed by atoms with Crippen LogP contribution in [0, 0.1) is 23.7 Å². The topological polar surface area (TPSA) is 57.2 Å². The third kappa shape index (κ3) is 1.88. The lowest BCUT2D eigenvalue weighted by Gasteiger charge is -2.63. The van der Waals surface area contributed by atoms with E-state index in [1.165, 1.54) is 6.42 Å². The molecule has 5 aliphatic rings. The number of rotatable bonds is 0. The van der Waals surface area contributed by atoms with Gasteiger partial charge in [-0.2, -0.15) is 0 Å². The van der Waals surface area contributed by atoms with E-state index < -0.39 is 24.0 Å². The van der Waals surface area contributed by atoms with Gasteiger partial charge in [-0.15, -0.1) is 0 Å². The van der Waals surface area contributed by atoms with Crippen LogP contribution in [0.3, 0.4) is 0 Å². The summed E-state index contributed by atoms with van der Waals surface area (Å²) in [6.45, 7) is 6.24. The summed E-state index contributed by atoms with van der Waals surface area (Å²) in [5.41, 5.74) is -0.559. The number of aliphatic hydroxyl groups is 1.